The van der Waals surface area contributed by atoms with Crippen LogP contribution in [-0.2, 0) is 0 Å². The van der Waals surface area contributed by atoms with E-state index in [0.29, 0.717) is 11.8 Å². The average Bonchev–Trinajstić information content (AvgIpc) is 2.78. The fraction of sp³-hybridized carbons (Fsp3) is 0.375. The number of ether oxygens (including phenoxy) is 1. The Bertz CT molecular complexity index is 481. The molecule has 0 atom stereocenters. The Morgan fingerprint density at radius 3 is 3.00 bits per heavy atom. The van der Waals surface area contributed by atoms with Gasteiger partial charge in [-0.15, -0.1) is 10.2 Å². The Morgan fingerprint density at radius 2 is 2.29 bits per heavy atom. The molecule has 0 bridgehead atoms. The zero-order valence-electron chi connectivity index (χ0n) is 8.83. The normalized spacial score (nSPS) is 10.5. The lowest BCUT2D eigenvalue weighted by Gasteiger charge is -2.03. The maximum atomic E-state index is 5.78. The molecule has 2 aromatic rings. The smallest absolute Gasteiger partial charge is 0.321 e. The summed E-state index contributed by atoms with van der Waals surface area (Å²) in [5.41, 5.74) is 1.64. The minimum absolute atomic E-state index is 0.109. The summed E-state index contributed by atoms with van der Waals surface area (Å²) < 4.78 is 6.05. The molecule has 2 rings (SSSR count). The van der Waals surface area contributed by atoms with Gasteiger partial charge < -0.3 is 4.74 Å². The molecule has 2 heterocycles. The van der Waals surface area contributed by atoms with Gasteiger partial charge in [-0.05, 0) is 29.8 Å². The Labute approximate surface area is 111 Å². The summed E-state index contributed by atoms with van der Waals surface area (Å²) in [4.78, 5) is 12.0. The highest BCUT2D eigenvalue weighted by atomic mass is 35.5. The molecule has 0 radical (unpaired) electrons. The highest BCUT2D eigenvalue weighted by Crippen LogP contribution is 2.26. The first-order valence-corrected chi connectivity index (χ1v) is 6.83. The molecule has 2 aromatic heterocycles. The van der Waals surface area contributed by atoms with E-state index in [4.69, 9.17) is 16.3 Å². The Balaban J connectivity index is 2.13. The van der Waals surface area contributed by atoms with Gasteiger partial charge >= 0.3 is 6.01 Å². The molecule has 0 amide bonds. The number of hydrogen-bond donors (Lipinski definition) is 0. The molecule has 0 unspecified atom stereocenters. The lowest BCUT2D eigenvalue weighted by Crippen LogP contribution is -2.02. The molecule has 0 aliphatic carbocycles. The predicted octanol–water partition coefficient (Wildman–Crippen LogP) is 2.32. The molecule has 0 spiro atoms. The van der Waals surface area contributed by atoms with Crippen LogP contribution in [0.15, 0.2) is 15.0 Å². The summed E-state index contributed by atoms with van der Waals surface area (Å²) in [6.07, 6.45) is 0.877. The summed E-state index contributed by atoms with van der Waals surface area (Å²) in [5.74, 6) is 0. The summed E-state index contributed by atoms with van der Waals surface area (Å²) in [6, 6.07) is 0.235. The van der Waals surface area contributed by atoms with Gasteiger partial charge in [-0.25, -0.2) is 0 Å². The van der Waals surface area contributed by atoms with Gasteiger partial charge in [-0.1, -0.05) is 18.3 Å². The second-order valence-corrected chi connectivity index (χ2v) is 5.21. The molecule has 0 aromatic carbocycles. The van der Waals surface area contributed by atoms with E-state index in [1.807, 2.05) is 6.92 Å². The third-order valence-corrected chi connectivity index (χ3v) is 3.33. The van der Waals surface area contributed by atoms with E-state index in [2.05, 4.69) is 25.1 Å². The molecule has 0 fully saturated rings. The van der Waals surface area contributed by atoms with Gasteiger partial charge in [0.05, 0.1) is 6.61 Å². The molecule has 17 heavy (non-hydrogen) atoms. The molecule has 0 aliphatic heterocycles. The predicted molar refractivity (Wildman–Crippen MR) is 64.7 cm³/mol. The minimum Gasteiger partial charge on any atom is -0.463 e. The van der Waals surface area contributed by atoms with Crippen molar-refractivity contribution in [1.82, 2.24) is 25.1 Å². The van der Waals surface area contributed by atoms with Crippen LogP contribution >= 0.6 is 34.7 Å². The molecule has 0 aliphatic rings. The van der Waals surface area contributed by atoms with Gasteiger partial charge in [-0.3, -0.25) is 0 Å². The zero-order valence-corrected chi connectivity index (χ0v) is 11.2. The third kappa shape index (κ3) is 3.76. The molecule has 0 saturated heterocycles. The fourth-order valence-corrected chi connectivity index (χ4v) is 2.43. The van der Waals surface area contributed by atoms with Crippen LogP contribution in [0.2, 0.25) is 5.28 Å². The van der Waals surface area contributed by atoms with Crippen molar-refractivity contribution < 1.29 is 4.74 Å². The lowest BCUT2D eigenvalue weighted by molar-refractivity contribution is 0.288. The number of hydrogen-bond acceptors (Lipinski definition) is 8. The van der Waals surface area contributed by atoms with Crippen LogP contribution in [0.1, 0.15) is 13.3 Å². The molecule has 0 N–H and O–H groups in total. The summed E-state index contributed by atoms with van der Waals surface area (Å²) in [5, 5.41) is 8.17. The van der Waals surface area contributed by atoms with Crippen molar-refractivity contribution >= 4 is 34.7 Å². The number of halogens is 1. The van der Waals surface area contributed by atoms with Crippen molar-refractivity contribution in [3.05, 3.63) is 10.8 Å². The fourth-order valence-electron chi connectivity index (χ4n) is 0.904. The van der Waals surface area contributed by atoms with E-state index in [0.717, 1.165) is 10.8 Å². The van der Waals surface area contributed by atoms with Crippen molar-refractivity contribution in [1.29, 1.82) is 0 Å². The van der Waals surface area contributed by atoms with Crippen LogP contribution in [0.3, 0.4) is 0 Å². The van der Waals surface area contributed by atoms with E-state index in [-0.39, 0.29) is 11.3 Å². The maximum Gasteiger partial charge on any atom is 0.321 e. The SMILES string of the molecule is CCCOc1nc(Cl)nc(Sc2nncs2)n1. The van der Waals surface area contributed by atoms with Gasteiger partial charge in [0.2, 0.25) is 10.4 Å². The summed E-state index contributed by atoms with van der Waals surface area (Å²) in [6.45, 7) is 2.54. The van der Waals surface area contributed by atoms with Gasteiger partial charge in [0, 0.05) is 0 Å². The van der Waals surface area contributed by atoms with Crippen molar-refractivity contribution in [2.24, 2.45) is 0 Å². The molecular weight excluding hydrogens is 282 g/mol. The topological polar surface area (TPSA) is 73.7 Å². The van der Waals surface area contributed by atoms with Crippen LogP contribution in [0.25, 0.3) is 0 Å². The first kappa shape index (κ1) is 12.5. The molecule has 6 nitrogen and oxygen atoms in total. The van der Waals surface area contributed by atoms with E-state index in [1.54, 1.807) is 5.51 Å². The molecule has 0 saturated carbocycles. The second-order valence-electron chi connectivity index (χ2n) is 2.82. The van der Waals surface area contributed by atoms with Gasteiger partial charge in [0.25, 0.3) is 0 Å². The first-order valence-electron chi connectivity index (χ1n) is 4.76. The minimum atomic E-state index is 0.109. The van der Waals surface area contributed by atoms with Crippen LogP contribution in [0.4, 0.5) is 0 Å². The first-order chi connectivity index (χ1) is 8.28. The van der Waals surface area contributed by atoms with Crippen LogP contribution < -0.4 is 4.74 Å². The van der Waals surface area contributed by atoms with E-state index < -0.39 is 0 Å². The Hall–Kier alpha value is -0.990. The number of nitrogens with zero attached hydrogens (tertiary/aromatic N) is 5. The number of rotatable bonds is 5. The summed E-state index contributed by atoms with van der Waals surface area (Å²) in [7, 11) is 0. The van der Waals surface area contributed by atoms with E-state index in [9.17, 15) is 0 Å². The van der Waals surface area contributed by atoms with Crippen LogP contribution in [0.5, 0.6) is 6.01 Å². The van der Waals surface area contributed by atoms with Crippen molar-refractivity contribution in [3.63, 3.8) is 0 Å². The Kier molecular flexibility index (Phi) is 4.46. The molecule has 9 heteroatoms. The van der Waals surface area contributed by atoms with Gasteiger partial charge in [0.1, 0.15) is 5.51 Å². The molecular formula is C8H8ClN5OS2. The van der Waals surface area contributed by atoms with E-state index >= 15 is 0 Å². The average molecular weight is 290 g/mol. The maximum absolute atomic E-state index is 5.78. The van der Waals surface area contributed by atoms with Gasteiger partial charge in [-0.2, -0.15) is 15.0 Å². The quantitative estimate of drug-likeness (QED) is 0.836. The third-order valence-electron chi connectivity index (χ3n) is 1.52. The zero-order chi connectivity index (χ0) is 12.1. The lowest BCUT2D eigenvalue weighted by atomic mass is 10.5. The van der Waals surface area contributed by atoms with Crippen LogP contribution in [-0.4, -0.2) is 31.8 Å². The Morgan fingerprint density at radius 1 is 1.41 bits per heavy atom. The van der Waals surface area contributed by atoms with Crippen molar-refractivity contribution in [2.45, 2.75) is 22.8 Å². The molecule has 90 valence electrons. The number of aromatic nitrogens is 5. The monoisotopic (exact) mass is 289 g/mol. The standard InChI is InChI=1S/C8H8ClN5OS2/c1-2-3-15-6-11-5(9)12-7(13-6)17-8-14-10-4-16-8/h4H,2-3H2,1H3. The highest BCUT2D eigenvalue weighted by Gasteiger charge is 2.09. The van der Waals surface area contributed by atoms with Crippen LogP contribution in [0, 0.1) is 0 Å². The highest BCUT2D eigenvalue weighted by molar-refractivity contribution is 8.00. The van der Waals surface area contributed by atoms with Crippen molar-refractivity contribution in [3.8, 4) is 6.01 Å². The summed E-state index contributed by atoms with van der Waals surface area (Å²) >= 11 is 8.46. The largest absolute Gasteiger partial charge is 0.463 e. The van der Waals surface area contributed by atoms with E-state index in [1.165, 1.54) is 23.1 Å². The van der Waals surface area contributed by atoms with Gasteiger partial charge in [0.15, 0.2) is 4.34 Å². The van der Waals surface area contributed by atoms with Crippen molar-refractivity contribution in [2.75, 3.05) is 6.61 Å². The second kappa shape index (κ2) is 6.08.